The van der Waals surface area contributed by atoms with E-state index < -0.39 is 0 Å². The van der Waals surface area contributed by atoms with E-state index in [1.54, 1.807) is 0 Å². The van der Waals surface area contributed by atoms with Crippen LogP contribution in [-0.4, -0.2) is 0 Å². The molecule has 0 saturated heterocycles. The highest BCUT2D eigenvalue weighted by atomic mass is 14.4. The second-order valence-corrected chi connectivity index (χ2v) is 5.79. The van der Waals surface area contributed by atoms with Gasteiger partial charge in [0.05, 0.1) is 0 Å². The zero-order valence-electron chi connectivity index (χ0n) is 12.3. The summed E-state index contributed by atoms with van der Waals surface area (Å²) in [5.41, 5.74) is 1.30. The van der Waals surface area contributed by atoms with E-state index >= 15 is 0 Å². The molecule has 0 heteroatoms. The van der Waals surface area contributed by atoms with Crippen LogP contribution in [0.3, 0.4) is 0 Å². The van der Waals surface area contributed by atoms with E-state index in [1.165, 1.54) is 44.9 Å². The summed E-state index contributed by atoms with van der Waals surface area (Å²) in [6.45, 7) is 8.79. The fraction of sp³-hybridized carbons (Fsp3) is 0.765. The Labute approximate surface area is 108 Å². The summed E-state index contributed by atoms with van der Waals surface area (Å²) in [6.07, 6.45) is 18.9. The maximum absolute atomic E-state index is 2.39. The normalized spacial score (nSPS) is 24.2. The van der Waals surface area contributed by atoms with Gasteiger partial charge in [0.15, 0.2) is 0 Å². The molecule has 0 unspecified atom stereocenters. The molecule has 2 saturated carbocycles. The lowest BCUT2D eigenvalue weighted by molar-refractivity contribution is 0.196. The zero-order valence-corrected chi connectivity index (χ0v) is 12.3. The Morgan fingerprint density at radius 1 is 0.765 bits per heavy atom. The Morgan fingerprint density at radius 3 is 1.29 bits per heavy atom. The smallest absolute Gasteiger partial charge is 0.0120 e. The molecule has 2 aliphatic rings. The quantitative estimate of drug-likeness (QED) is 0.532. The van der Waals surface area contributed by atoms with Crippen LogP contribution < -0.4 is 0 Å². The molecule has 0 aromatic heterocycles. The summed E-state index contributed by atoms with van der Waals surface area (Å²) in [5.74, 6) is 0. The molecule has 0 atom stereocenters. The van der Waals surface area contributed by atoms with Gasteiger partial charge in [-0.15, -0.1) is 0 Å². The van der Waals surface area contributed by atoms with E-state index in [2.05, 4.69) is 52.0 Å². The van der Waals surface area contributed by atoms with Crippen LogP contribution in [0, 0.1) is 10.8 Å². The van der Waals surface area contributed by atoms with E-state index in [-0.39, 0.29) is 0 Å². The van der Waals surface area contributed by atoms with Gasteiger partial charge in [0.2, 0.25) is 0 Å². The molecule has 2 aliphatic carbocycles. The molecule has 0 spiro atoms. The van der Waals surface area contributed by atoms with E-state index in [0.29, 0.717) is 10.8 Å². The van der Waals surface area contributed by atoms with Crippen molar-refractivity contribution in [1.29, 1.82) is 0 Å². The molecule has 2 rings (SSSR count). The van der Waals surface area contributed by atoms with E-state index in [0.717, 1.165) is 0 Å². The van der Waals surface area contributed by atoms with Gasteiger partial charge in [-0.25, -0.2) is 0 Å². The molecule has 0 nitrogen and oxygen atoms in total. The summed E-state index contributed by atoms with van der Waals surface area (Å²) in [4.78, 5) is 0. The number of allylic oxidation sites excluding steroid dienone is 4. The first-order chi connectivity index (χ1) is 8.16. The predicted molar refractivity (Wildman–Crippen MR) is 78.2 cm³/mol. The molecule has 0 heterocycles. The molecule has 0 aliphatic heterocycles. The first-order valence-electron chi connectivity index (χ1n) is 7.43. The van der Waals surface area contributed by atoms with Crippen LogP contribution in [-0.2, 0) is 0 Å². The second kappa shape index (κ2) is 6.42. The van der Waals surface area contributed by atoms with Crippen LogP contribution in [0.15, 0.2) is 24.3 Å². The highest BCUT2D eigenvalue weighted by Crippen LogP contribution is 2.49. The molecular weight excluding hydrogens is 204 g/mol. The molecule has 0 aromatic carbocycles. The highest BCUT2D eigenvalue weighted by molar-refractivity contribution is 5.07. The Balaban J connectivity index is 0.000000171. The van der Waals surface area contributed by atoms with E-state index in [9.17, 15) is 0 Å². The Kier molecular flexibility index (Phi) is 5.49. The monoisotopic (exact) mass is 234 g/mol. The summed E-state index contributed by atoms with van der Waals surface area (Å²) >= 11 is 0. The van der Waals surface area contributed by atoms with Crippen molar-refractivity contribution >= 4 is 0 Å². The van der Waals surface area contributed by atoms with Crippen molar-refractivity contribution in [3.05, 3.63) is 24.3 Å². The lowest BCUT2D eigenvalue weighted by Crippen LogP contribution is -2.25. The van der Waals surface area contributed by atoms with Gasteiger partial charge in [-0.3, -0.25) is 0 Å². The average molecular weight is 234 g/mol. The maximum atomic E-state index is 2.39. The van der Waals surface area contributed by atoms with Gasteiger partial charge < -0.3 is 0 Å². The molecule has 0 N–H and O–H groups in total. The van der Waals surface area contributed by atoms with Crippen molar-refractivity contribution in [3.63, 3.8) is 0 Å². The maximum Gasteiger partial charge on any atom is -0.0120 e. The molecule has 0 amide bonds. The summed E-state index contributed by atoms with van der Waals surface area (Å²) in [5, 5.41) is 0. The number of rotatable bonds is 4. The van der Waals surface area contributed by atoms with Gasteiger partial charge in [0.1, 0.15) is 0 Å². The molecule has 0 bridgehead atoms. The van der Waals surface area contributed by atoms with Gasteiger partial charge in [-0.1, -0.05) is 44.6 Å². The fourth-order valence-electron chi connectivity index (χ4n) is 2.77. The third-order valence-corrected chi connectivity index (χ3v) is 4.69. The minimum atomic E-state index is 0.634. The van der Waals surface area contributed by atoms with Crippen LogP contribution in [0.5, 0.6) is 0 Å². The Hall–Kier alpha value is -0.520. The SMILES string of the molecule is C/C=C/C1(CC)CC1.C/C=C/C1(CC)CCC1. The molecular formula is C17H30. The topological polar surface area (TPSA) is 0 Å². The van der Waals surface area contributed by atoms with Crippen LogP contribution in [0.2, 0.25) is 0 Å². The van der Waals surface area contributed by atoms with E-state index in [4.69, 9.17) is 0 Å². The van der Waals surface area contributed by atoms with Crippen LogP contribution in [0.25, 0.3) is 0 Å². The molecule has 0 aromatic rings. The Morgan fingerprint density at radius 2 is 1.18 bits per heavy atom. The number of hydrogen-bond acceptors (Lipinski definition) is 0. The standard InChI is InChI=1S/C9H16.C8H14/c1-3-6-9(4-2)7-5-8-9;1-3-5-8(4-2)6-7-8/h3,6H,4-5,7-8H2,1-2H3;3,5H,4,6-7H2,1-2H3/b6-3+;5-3+. The first-order valence-corrected chi connectivity index (χ1v) is 7.43. The predicted octanol–water partition coefficient (Wildman–Crippen LogP) is 5.90. The average Bonchev–Trinajstić information content (AvgIpc) is 3.06. The number of hydrogen-bond donors (Lipinski definition) is 0. The van der Waals surface area contributed by atoms with Gasteiger partial charge in [0, 0.05) is 0 Å². The van der Waals surface area contributed by atoms with Gasteiger partial charge >= 0.3 is 0 Å². The highest BCUT2D eigenvalue weighted by Gasteiger charge is 2.37. The minimum absolute atomic E-state index is 0.634. The Bertz CT molecular complexity index is 256. The minimum Gasteiger partial charge on any atom is -0.0911 e. The fourth-order valence-corrected chi connectivity index (χ4v) is 2.77. The van der Waals surface area contributed by atoms with E-state index in [1.807, 2.05) is 0 Å². The third-order valence-electron chi connectivity index (χ3n) is 4.69. The van der Waals surface area contributed by atoms with Crippen molar-refractivity contribution in [3.8, 4) is 0 Å². The van der Waals surface area contributed by atoms with Crippen molar-refractivity contribution < 1.29 is 0 Å². The molecule has 98 valence electrons. The van der Waals surface area contributed by atoms with Gasteiger partial charge in [-0.05, 0) is 63.2 Å². The summed E-state index contributed by atoms with van der Waals surface area (Å²) in [7, 11) is 0. The zero-order chi connectivity index (χ0) is 12.8. The second-order valence-electron chi connectivity index (χ2n) is 5.79. The molecule has 17 heavy (non-hydrogen) atoms. The summed E-state index contributed by atoms with van der Waals surface area (Å²) < 4.78 is 0. The van der Waals surface area contributed by atoms with Crippen LogP contribution in [0.4, 0.5) is 0 Å². The van der Waals surface area contributed by atoms with Gasteiger partial charge in [-0.2, -0.15) is 0 Å². The van der Waals surface area contributed by atoms with Crippen LogP contribution >= 0.6 is 0 Å². The lowest BCUT2D eigenvalue weighted by atomic mass is 9.67. The largest absolute Gasteiger partial charge is 0.0911 e. The van der Waals surface area contributed by atoms with Crippen LogP contribution in [0.1, 0.15) is 72.6 Å². The van der Waals surface area contributed by atoms with Crippen molar-refractivity contribution in [2.24, 2.45) is 10.8 Å². The summed E-state index contributed by atoms with van der Waals surface area (Å²) in [6, 6.07) is 0. The molecule has 2 fully saturated rings. The third kappa shape index (κ3) is 4.01. The van der Waals surface area contributed by atoms with Gasteiger partial charge in [0.25, 0.3) is 0 Å². The van der Waals surface area contributed by atoms with Crippen molar-refractivity contribution in [2.75, 3.05) is 0 Å². The lowest BCUT2D eigenvalue weighted by Gasteiger charge is -2.38. The van der Waals surface area contributed by atoms with Crippen molar-refractivity contribution in [1.82, 2.24) is 0 Å². The van der Waals surface area contributed by atoms with Crippen molar-refractivity contribution in [2.45, 2.75) is 72.6 Å². The first kappa shape index (κ1) is 14.5. The molecule has 0 radical (unpaired) electrons.